The molecule has 11 heteroatoms. The molecule has 2 aliphatic rings. The summed E-state index contributed by atoms with van der Waals surface area (Å²) < 4.78 is 11.3. The summed E-state index contributed by atoms with van der Waals surface area (Å²) in [5.74, 6) is 3.72. The molecule has 4 aromatic heterocycles. The van der Waals surface area contributed by atoms with Crippen molar-refractivity contribution in [2.24, 2.45) is 0 Å². The molecule has 0 bridgehead atoms. The third-order valence-corrected chi connectivity index (χ3v) is 6.41. The van der Waals surface area contributed by atoms with Gasteiger partial charge in [-0.1, -0.05) is 5.16 Å². The van der Waals surface area contributed by atoms with Gasteiger partial charge in [0.15, 0.2) is 11.6 Å². The monoisotopic (exact) mass is 473 g/mol. The molecule has 2 aliphatic heterocycles. The predicted octanol–water partition coefficient (Wildman–Crippen LogP) is 3.40. The molecule has 0 aliphatic carbocycles. The van der Waals surface area contributed by atoms with Crippen molar-refractivity contribution in [1.82, 2.24) is 30.3 Å². The Morgan fingerprint density at radius 2 is 1.94 bits per heavy atom. The second-order valence-corrected chi connectivity index (χ2v) is 8.82. The number of nitrogens with zero attached hydrogens (tertiary/aromatic N) is 7. The van der Waals surface area contributed by atoms with Crippen molar-refractivity contribution in [3.63, 3.8) is 0 Å². The van der Waals surface area contributed by atoms with Crippen LogP contribution in [-0.4, -0.2) is 63.2 Å². The molecule has 6 heterocycles. The van der Waals surface area contributed by atoms with Gasteiger partial charge in [0, 0.05) is 61.0 Å². The first-order valence-electron chi connectivity index (χ1n) is 11.8. The van der Waals surface area contributed by atoms with E-state index in [1.807, 2.05) is 44.2 Å². The van der Waals surface area contributed by atoms with Crippen molar-refractivity contribution in [2.75, 3.05) is 48.0 Å². The van der Waals surface area contributed by atoms with E-state index < -0.39 is 0 Å². The third-order valence-electron chi connectivity index (χ3n) is 6.41. The lowest BCUT2D eigenvalue weighted by Crippen LogP contribution is -2.42. The van der Waals surface area contributed by atoms with Gasteiger partial charge in [-0.05, 0) is 32.4 Å². The van der Waals surface area contributed by atoms with Crippen LogP contribution in [0, 0.1) is 13.8 Å². The zero-order chi connectivity index (χ0) is 23.8. The van der Waals surface area contributed by atoms with Crippen molar-refractivity contribution < 1.29 is 9.26 Å². The fourth-order valence-electron chi connectivity index (χ4n) is 4.43. The van der Waals surface area contributed by atoms with Crippen LogP contribution in [0.15, 0.2) is 41.1 Å². The zero-order valence-electron chi connectivity index (χ0n) is 19.7. The molecule has 11 nitrogen and oxygen atoms in total. The molecule has 0 spiro atoms. The van der Waals surface area contributed by atoms with E-state index >= 15 is 0 Å². The van der Waals surface area contributed by atoms with Gasteiger partial charge in [-0.2, -0.15) is 15.1 Å². The van der Waals surface area contributed by atoms with Crippen LogP contribution in [0.4, 0.5) is 23.4 Å². The number of H-pyrrole nitrogens is 1. The Morgan fingerprint density at radius 3 is 2.69 bits per heavy atom. The SMILES string of the molecule is Cc1cc(Nc2cc(N3CCOCC3)nc(N3CC[C@H]3c3cc(-c4cccnc4C)no3)n2)n[nH]1. The topological polar surface area (TPSA) is 121 Å². The lowest BCUT2D eigenvalue weighted by molar-refractivity contribution is 0.122. The van der Waals surface area contributed by atoms with E-state index in [9.17, 15) is 0 Å². The smallest absolute Gasteiger partial charge is 0.229 e. The molecule has 6 rings (SSSR count). The summed E-state index contributed by atoms with van der Waals surface area (Å²) in [7, 11) is 0. The number of pyridine rings is 1. The third kappa shape index (κ3) is 4.30. The first-order valence-corrected chi connectivity index (χ1v) is 11.8. The van der Waals surface area contributed by atoms with Crippen LogP contribution in [0.1, 0.15) is 29.6 Å². The van der Waals surface area contributed by atoms with Crippen LogP contribution in [0.25, 0.3) is 11.3 Å². The molecule has 180 valence electrons. The number of rotatable bonds is 6. The Morgan fingerprint density at radius 1 is 1.06 bits per heavy atom. The molecule has 4 aromatic rings. The lowest BCUT2D eigenvalue weighted by atomic mass is 10.00. The van der Waals surface area contributed by atoms with Crippen molar-refractivity contribution in [1.29, 1.82) is 0 Å². The molecule has 2 N–H and O–H groups in total. The van der Waals surface area contributed by atoms with Gasteiger partial charge in [0.05, 0.1) is 19.3 Å². The number of hydrogen-bond acceptors (Lipinski definition) is 10. The molecule has 0 amide bonds. The average molecular weight is 474 g/mol. The summed E-state index contributed by atoms with van der Waals surface area (Å²) in [4.78, 5) is 18.5. The summed E-state index contributed by atoms with van der Waals surface area (Å²) in [6.45, 7) is 7.71. The summed E-state index contributed by atoms with van der Waals surface area (Å²) in [5.41, 5.74) is 3.66. The maximum absolute atomic E-state index is 5.77. The first-order chi connectivity index (χ1) is 17.1. The first kappa shape index (κ1) is 21.5. The minimum atomic E-state index is 0.0219. The number of nitrogens with one attached hydrogen (secondary N) is 2. The molecular weight excluding hydrogens is 446 g/mol. The number of aromatic nitrogens is 6. The quantitative estimate of drug-likeness (QED) is 0.431. The van der Waals surface area contributed by atoms with E-state index in [4.69, 9.17) is 19.2 Å². The van der Waals surface area contributed by atoms with Crippen LogP contribution >= 0.6 is 0 Å². The van der Waals surface area contributed by atoms with E-state index in [2.05, 4.69) is 35.5 Å². The summed E-state index contributed by atoms with van der Waals surface area (Å²) >= 11 is 0. The van der Waals surface area contributed by atoms with Gasteiger partial charge in [0.2, 0.25) is 5.95 Å². The minimum absolute atomic E-state index is 0.0219. The van der Waals surface area contributed by atoms with Crippen LogP contribution < -0.4 is 15.1 Å². The maximum Gasteiger partial charge on any atom is 0.229 e. The average Bonchev–Trinajstić information content (AvgIpc) is 3.48. The number of anilines is 4. The molecule has 0 saturated carbocycles. The van der Waals surface area contributed by atoms with Crippen LogP contribution in [0.3, 0.4) is 0 Å². The maximum atomic E-state index is 5.77. The molecule has 1 atom stereocenters. The molecule has 2 fully saturated rings. The van der Waals surface area contributed by atoms with Gasteiger partial charge in [0.1, 0.15) is 17.3 Å². The summed E-state index contributed by atoms with van der Waals surface area (Å²) in [6, 6.07) is 9.84. The standard InChI is InChI=1S/C24H27N9O2/c1-15-12-22(30-29-15)26-21-14-23(32-8-10-34-11-9-32)28-24(27-21)33-7-5-19(33)20-13-18(31-35-20)17-4-3-6-25-16(17)2/h3-4,6,12-14,19H,5,7-11H2,1-2H3,(H2,26,27,28,29,30)/t19-/m0/s1. The molecule has 2 saturated heterocycles. The highest BCUT2D eigenvalue weighted by atomic mass is 16.5. The number of ether oxygens (including phenoxy) is 1. The second kappa shape index (κ2) is 8.99. The highest BCUT2D eigenvalue weighted by Gasteiger charge is 2.35. The van der Waals surface area contributed by atoms with Gasteiger partial charge < -0.3 is 24.4 Å². The van der Waals surface area contributed by atoms with Gasteiger partial charge in [0.25, 0.3) is 0 Å². The van der Waals surface area contributed by atoms with Crippen LogP contribution in [-0.2, 0) is 4.74 Å². The molecule has 0 radical (unpaired) electrons. The summed E-state index contributed by atoms with van der Waals surface area (Å²) in [5, 5.41) is 14.9. The van der Waals surface area contributed by atoms with Crippen molar-refractivity contribution in [3.05, 3.63) is 53.7 Å². The Labute approximate surface area is 202 Å². The van der Waals surface area contributed by atoms with E-state index in [-0.39, 0.29) is 6.04 Å². The van der Waals surface area contributed by atoms with Crippen LogP contribution in [0.2, 0.25) is 0 Å². The van der Waals surface area contributed by atoms with Crippen molar-refractivity contribution in [3.8, 4) is 11.3 Å². The molecule has 35 heavy (non-hydrogen) atoms. The van der Waals surface area contributed by atoms with E-state index in [1.165, 1.54) is 0 Å². The van der Waals surface area contributed by atoms with Crippen molar-refractivity contribution in [2.45, 2.75) is 26.3 Å². The van der Waals surface area contributed by atoms with Crippen LogP contribution in [0.5, 0.6) is 0 Å². The van der Waals surface area contributed by atoms with Gasteiger partial charge in [-0.15, -0.1) is 0 Å². The fraction of sp³-hybridized carbons (Fsp3) is 0.375. The van der Waals surface area contributed by atoms with Gasteiger partial charge in [-0.3, -0.25) is 10.1 Å². The Balaban J connectivity index is 1.30. The molecule has 0 aromatic carbocycles. The van der Waals surface area contributed by atoms with Gasteiger partial charge >= 0.3 is 0 Å². The highest BCUT2D eigenvalue weighted by molar-refractivity contribution is 5.63. The molecule has 0 unspecified atom stereocenters. The second-order valence-electron chi connectivity index (χ2n) is 8.82. The normalized spacial score (nSPS) is 17.9. The number of hydrogen-bond donors (Lipinski definition) is 2. The van der Waals surface area contributed by atoms with E-state index in [0.717, 1.165) is 60.3 Å². The fourth-order valence-corrected chi connectivity index (χ4v) is 4.43. The van der Waals surface area contributed by atoms with Crippen molar-refractivity contribution >= 4 is 23.4 Å². The number of aryl methyl sites for hydroxylation is 2. The number of aromatic amines is 1. The Hall–Kier alpha value is -3.99. The lowest BCUT2D eigenvalue weighted by Gasteiger charge is -2.40. The van der Waals surface area contributed by atoms with E-state index in [1.54, 1.807) is 6.20 Å². The minimum Gasteiger partial charge on any atom is -0.378 e. The largest absolute Gasteiger partial charge is 0.378 e. The molecular formula is C24H27N9O2. The highest BCUT2D eigenvalue weighted by Crippen LogP contribution is 2.39. The zero-order valence-corrected chi connectivity index (χ0v) is 19.7. The Kier molecular flexibility index (Phi) is 5.53. The summed E-state index contributed by atoms with van der Waals surface area (Å²) in [6.07, 6.45) is 2.72. The number of morpholine rings is 1. The predicted molar refractivity (Wildman–Crippen MR) is 131 cm³/mol. The van der Waals surface area contributed by atoms with Gasteiger partial charge in [-0.25, -0.2) is 0 Å². The van der Waals surface area contributed by atoms with E-state index in [0.29, 0.717) is 30.8 Å². The Bertz CT molecular complexity index is 1330.